The van der Waals surface area contributed by atoms with Gasteiger partial charge in [0.15, 0.2) is 0 Å². The maximum absolute atomic E-state index is 11.4. The minimum atomic E-state index is -3.75. The van der Waals surface area contributed by atoms with Crippen LogP contribution in [0.2, 0.25) is 0 Å². The maximum atomic E-state index is 11.4. The predicted molar refractivity (Wildman–Crippen MR) is 70.4 cm³/mol. The normalized spacial score (nSPS) is 13.0. The van der Waals surface area contributed by atoms with E-state index in [0.29, 0.717) is 24.5 Å². The van der Waals surface area contributed by atoms with Gasteiger partial charge in [0.1, 0.15) is 4.90 Å². The summed E-state index contributed by atoms with van der Waals surface area (Å²) < 4.78 is 30.0. The van der Waals surface area contributed by atoms with Crippen LogP contribution in [-0.4, -0.2) is 30.4 Å². The smallest absolute Gasteiger partial charge is 0.264 e. The van der Waals surface area contributed by atoms with Crippen LogP contribution in [-0.2, 0) is 20.3 Å². The number of hydrogen-bond acceptors (Lipinski definition) is 4. The fourth-order valence-electron chi connectivity index (χ4n) is 1.69. The first-order valence-corrected chi connectivity index (χ1v) is 7.96. The van der Waals surface area contributed by atoms with Gasteiger partial charge in [0.25, 0.3) is 9.05 Å². The summed E-state index contributed by atoms with van der Waals surface area (Å²) in [5, 5.41) is 4.17. The fraction of sp³-hybridized carbons (Fsp3) is 0.727. The van der Waals surface area contributed by atoms with Gasteiger partial charge in [-0.15, -0.1) is 0 Å². The second kappa shape index (κ2) is 5.19. The number of aromatic nitrogens is 2. The number of ether oxygens (including phenoxy) is 1. The zero-order chi connectivity index (χ0) is 14.1. The Morgan fingerprint density at radius 3 is 2.28 bits per heavy atom. The van der Waals surface area contributed by atoms with Crippen molar-refractivity contribution in [3.63, 3.8) is 0 Å². The Bertz CT molecular complexity index is 529. The number of aryl methyl sites for hydroxylation is 1. The lowest BCUT2D eigenvalue weighted by atomic mass is 10.2. The highest BCUT2D eigenvalue weighted by Crippen LogP contribution is 2.23. The summed E-state index contributed by atoms with van der Waals surface area (Å²) in [5.74, 6) is 0. The van der Waals surface area contributed by atoms with E-state index in [1.54, 1.807) is 18.5 Å². The Labute approximate surface area is 113 Å². The van der Waals surface area contributed by atoms with E-state index in [4.69, 9.17) is 15.4 Å². The van der Waals surface area contributed by atoms with Crippen LogP contribution in [0, 0.1) is 13.8 Å². The van der Waals surface area contributed by atoms with Gasteiger partial charge in [0.2, 0.25) is 0 Å². The molecule has 0 spiro atoms. The molecule has 0 amide bonds. The molecule has 0 fully saturated rings. The van der Waals surface area contributed by atoms with Crippen molar-refractivity contribution in [2.24, 2.45) is 0 Å². The number of nitrogens with zero attached hydrogens (tertiary/aromatic N) is 2. The molecule has 1 rings (SSSR count). The first-order chi connectivity index (χ1) is 8.02. The molecule has 0 bridgehead atoms. The van der Waals surface area contributed by atoms with Crippen LogP contribution >= 0.6 is 10.7 Å². The Morgan fingerprint density at radius 2 is 1.89 bits per heavy atom. The molecule has 5 nitrogen and oxygen atoms in total. The quantitative estimate of drug-likeness (QED) is 0.799. The summed E-state index contributed by atoms with van der Waals surface area (Å²) in [6, 6.07) is 0. The average molecular weight is 295 g/mol. The van der Waals surface area contributed by atoms with E-state index in [9.17, 15) is 8.42 Å². The van der Waals surface area contributed by atoms with Crippen molar-refractivity contribution in [3.05, 3.63) is 11.4 Å². The minimum Gasteiger partial charge on any atom is -0.374 e. The summed E-state index contributed by atoms with van der Waals surface area (Å²) in [4.78, 5) is 0.0972. The second-order valence-corrected chi connectivity index (χ2v) is 7.62. The number of rotatable bonds is 4. The van der Waals surface area contributed by atoms with E-state index in [1.165, 1.54) is 0 Å². The van der Waals surface area contributed by atoms with Crippen LogP contribution in [0.4, 0.5) is 0 Å². The molecule has 0 atom stereocenters. The predicted octanol–water partition coefficient (Wildman–Crippen LogP) is 2.24. The maximum Gasteiger partial charge on any atom is 0.264 e. The highest BCUT2D eigenvalue weighted by molar-refractivity contribution is 8.13. The van der Waals surface area contributed by atoms with Crippen LogP contribution in [0.15, 0.2) is 4.90 Å². The first-order valence-electron chi connectivity index (χ1n) is 5.65. The molecule has 1 aromatic rings. The molecular weight excluding hydrogens is 276 g/mol. The van der Waals surface area contributed by atoms with E-state index in [0.717, 1.165) is 0 Å². The first kappa shape index (κ1) is 15.5. The average Bonchev–Trinajstić information content (AvgIpc) is 2.38. The number of halogens is 1. The summed E-state index contributed by atoms with van der Waals surface area (Å²) >= 11 is 0. The van der Waals surface area contributed by atoms with Gasteiger partial charge in [0.05, 0.1) is 30.1 Å². The molecular formula is C11H19ClN2O3S. The van der Waals surface area contributed by atoms with E-state index < -0.39 is 9.05 Å². The summed E-state index contributed by atoms with van der Waals surface area (Å²) in [7, 11) is 1.63. The third-order valence-electron chi connectivity index (χ3n) is 2.40. The third-order valence-corrected chi connectivity index (χ3v) is 3.94. The van der Waals surface area contributed by atoms with Crippen LogP contribution in [0.1, 0.15) is 32.2 Å². The van der Waals surface area contributed by atoms with Crippen molar-refractivity contribution in [3.8, 4) is 0 Å². The molecule has 0 aliphatic heterocycles. The van der Waals surface area contributed by atoms with Crippen molar-refractivity contribution in [2.45, 2.75) is 51.7 Å². The summed E-state index contributed by atoms with van der Waals surface area (Å²) in [6.45, 7) is 10.2. The third kappa shape index (κ3) is 3.96. The molecule has 1 heterocycles. The molecule has 104 valence electrons. The summed E-state index contributed by atoms with van der Waals surface area (Å²) in [6.07, 6.45) is 0. The molecule has 18 heavy (non-hydrogen) atoms. The molecule has 1 aromatic heterocycles. The summed E-state index contributed by atoms with van der Waals surface area (Å²) in [5.41, 5.74) is 0.732. The Kier molecular flexibility index (Phi) is 4.46. The van der Waals surface area contributed by atoms with Gasteiger partial charge < -0.3 is 4.74 Å². The van der Waals surface area contributed by atoms with Crippen LogP contribution < -0.4 is 0 Å². The van der Waals surface area contributed by atoms with E-state index in [-0.39, 0.29) is 10.5 Å². The van der Waals surface area contributed by atoms with Gasteiger partial charge in [-0.05, 0) is 34.6 Å². The standard InChI is InChI=1S/C11H19ClN2O3S/c1-8-10(18(12,15)16)9(2)14(13-8)6-7-17-11(3,4)5/h6-7H2,1-5H3. The fourth-order valence-corrected chi connectivity index (χ4v) is 3.21. The van der Waals surface area contributed by atoms with Gasteiger partial charge in [0, 0.05) is 10.7 Å². The zero-order valence-electron chi connectivity index (χ0n) is 11.3. The molecule has 0 aromatic carbocycles. The number of hydrogen-bond donors (Lipinski definition) is 0. The molecule has 0 radical (unpaired) electrons. The highest BCUT2D eigenvalue weighted by Gasteiger charge is 2.22. The molecule has 7 heteroatoms. The van der Waals surface area contributed by atoms with Gasteiger partial charge in [-0.1, -0.05) is 0 Å². The van der Waals surface area contributed by atoms with Crippen LogP contribution in [0.5, 0.6) is 0 Å². The second-order valence-electron chi connectivity index (χ2n) is 5.12. The van der Waals surface area contributed by atoms with Gasteiger partial charge in [-0.2, -0.15) is 5.10 Å². The zero-order valence-corrected chi connectivity index (χ0v) is 12.9. The van der Waals surface area contributed by atoms with Gasteiger partial charge >= 0.3 is 0 Å². The lowest BCUT2D eigenvalue weighted by Gasteiger charge is -2.19. The van der Waals surface area contributed by atoms with Crippen molar-refractivity contribution >= 4 is 19.7 Å². The van der Waals surface area contributed by atoms with Crippen LogP contribution in [0.3, 0.4) is 0 Å². The monoisotopic (exact) mass is 294 g/mol. The molecule has 0 aliphatic rings. The van der Waals surface area contributed by atoms with E-state index >= 15 is 0 Å². The SMILES string of the molecule is Cc1nn(CCOC(C)(C)C)c(C)c1S(=O)(=O)Cl. The van der Waals surface area contributed by atoms with E-state index in [2.05, 4.69) is 5.10 Å². The Morgan fingerprint density at radius 1 is 1.33 bits per heavy atom. The van der Waals surface area contributed by atoms with Gasteiger partial charge in [-0.3, -0.25) is 4.68 Å². The van der Waals surface area contributed by atoms with Crippen molar-refractivity contribution in [1.29, 1.82) is 0 Å². The van der Waals surface area contributed by atoms with Gasteiger partial charge in [-0.25, -0.2) is 8.42 Å². The van der Waals surface area contributed by atoms with Crippen LogP contribution in [0.25, 0.3) is 0 Å². The molecule has 0 saturated heterocycles. The molecule has 0 unspecified atom stereocenters. The van der Waals surface area contributed by atoms with Crippen molar-refractivity contribution in [1.82, 2.24) is 9.78 Å². The van der Waals surface area contributed by atoms with Crippen molar-refractivity contribution in [2.75, 3.05) is 6.61 Å². The molecule has 0 aliphatic carbocycles. The highest BCUT2D eigenvalue weighted by atomic mass is 35.7. The lowest BCUT2D eigenvalue weighted by Crippen LogP contribution is -2.22. The molecule has 0 N–H and O–H groups in total. The Hall–Kier alpha value is -0.590. The Balaban J connectivity index is 2.88. The van der Waals surface area contributed by atoms with Crippen molar-refractivity contribution < 1.29 is 13.2 Å². The topological polar surface area (TPSA) is 61.2 Å². The minimum absolute atomic E-state index is 0.0972. The van der Waals surface area contributed by atoms with E-state index in [1.807, 2.05) is 20.8 Å². The molecule has 0 saturated carbocycles. The largest absolute Gasteiger partial charge is 0.374 e. The lowest BCUT2D eigenvalue weighted by molar-refractivity contribution is -0.00813.